The number of rotatable bonds is 1. The Morgan fingerprint density at radius 1 is 1.33 bits per heavy atom. The summed E-state index contributed by atoms with van der Waals surface area (Å²) < 4.78 is 4.40. The number of carbonyl (C=O) groups excluding carboxylic acids is 1. The molecule has 0 N–H and O–H groups in total. The molecule has 0 aromatic rings. The van der Waals surface area contributed by atoms with Crippen molar-refractivity contribution in [2.75, 3.05) is 6.61 Å². The van der Waals surface area contributed by atoms with Gasteiger partial charge in [-0.3, -0.25) is 4.79 Å². The van der Waals surface area contributed by atoms with Crippen LogP contribution in [0.25, 0.3) is 0 Å². The molecule has 0 amide bonds. The standard InChI is InChI=1S/C4H8O2.3ClH/c1-3-6-4(2)5;;;/h3H2,1-2H3;3*1H. The van der Waals surface area contributed by atoms with Crippen molar-refractivity contribution in [1.29, 1.82) is 0 Å². The molecule has 0 spiro atoms. The number of ether oxygens (including phenoxy) is 1. The van der Waals surface area contributed by atoms with E-state index in [1.807, 2.05) is 0 Å². The molecule has 0 bridgehead atoms. The number of hydrogen-bond donors (Lipinski definition) is 0. The normalized spacial score (nSPS) is 5.11. The van der Waals surface area contributed by atoms with Crippen LogP contribution in [0, 0.1) is 0 Å². The first-order valence-electron chi connectivity index (χ1n) is 1.90. The van der Waals surface area contributed by atoms with Gasteiger partial charge in [0.15, 0.2) is 0 Å². The van der Waals surface area contributed by atoms with Crippen LogP contribution in [0.1, 0.15) is 13.8 Å². The highest BCUT2D eigenvalue weighted by Gasteiger charge is 1.81. The summed E-state index contributed by atoms with van der Waals surface area (Å²) in [4.78, 5) is 9.82. The van der Waals surface area contributed by atoms with Crippen LogP contribution in [0.15, 0.2) is 0 Å². The van der Waals surface area contributed by atoms with Crippen LogP contribution < -0.4 is 0 Å². The maximum atomic E-state index is 9.82. The van der Waals surface area contributed by atoms with Crippen molar-refractivity contribution in [1.82, 2.24) is 0 Å². The quantitative estimate of drug-likeness (QED) is 0.600. The Kier molecular flexibility index (Phi) is 39.9. The highest BCUT2D eigenvalue weighted by Crippen LogP contribution is 1.69. The summed E-state index contributed by atoms with van der Waals surface area (Å²) >= 11 is 0. The molecule has 0 aliphatic carbocycles. The molecule has 0 aromatic carbocycles. The lowest BCUT2D eigenvalue weighted by atomic mass is 10.8. The molecule has 5 heteroatoms. The van der Waals surface area contributed by atoms with Crippen LogP contribution in [0.2, 0.25) is 0 Å². The molecule has 0 saturated heterocycles. The first-order chi connectivity index (χ1) is 2.77. The van der Waals surface area contributed by atoms with E-state index in [0.717, 1.165) is 0 Å². The monoisotopic (exact) mass is 196 g/mol. The summed E-state index contributed by atoms with van der Waals surface area (Å²) in [6.07, 6.45) is 0. The van der Waals surface area contributed by atoms with Gasteiger partial charge in [0.2, 0.25) is 0 Å². The van der Waals surface area contributed by atoms with Gasteiger partial charge in [-0.15, -0.1) is 37.2 Å². The molecular formula is C4H11Cl3O2. The fourth-order valence-corrected chi connectivity index (χ4v) is 0.203. The molecule has 0 radical (unpaired) electrons. The van der Waals surface area contributed by atoms with E-state index in [1.54, 1.807) is 6.92 Å². The largest absolute Gasteiger partial charge is 0.466 e. The zero-order valence-corrected chi connectivity index (χ0v) is 7.70. The van der Waals surface area contributed by atoms with Crippen molar-refractivity contribution in [3.05, 3.63) is 0 Å². The second-order valence-electron chi connectivity index (χ2n) is 0.925. The Balaban J connectivity index is -0.0000000417. The van der Waals surface area contributed by atoms with E-state index in [0.29, 0.717) is 6.61 Å². The molecule has 0 aliphatic heterocycles. The minimum absolute atomic E-state index is 0. The summed E-state index contributed by atoms with van der Waals surface area (Å²) in [6.45, 7) is 3.65. The van der Waals surface area contributed by atoms with Gasteiger partial charge in [0.25, 0.3) is 0 Å². The molecule has 0 unspecified atom stereocenters. The van der Waals surface area contributed by atoms with Crippen molar-refractivity contribution >= 4 is 43.2 Å². The van der Waals surface area contributed by atoms with Crippen molar-refractivity contribution < 1.29 is 9.53 Å². The second kappa shape index (κ2) is 15.8. The lowest BCUT2D eigenvalue weighted by Gasteiger charge is -1.89. The third-order valence-electron chi connectivity index (χ3n) is 0.348. The van der Waals surface area contributed by atoms with E-state index in [9.17, 15) is 4.79 Å². The second-order valence-corrected chi connectivity index (χ2v) is 0.925. The van der Waals surface area contributed by atoms with E-state index in [4.69, 9.17) is 0 Å². The maximum absolute atomic E-state index is 9.82. The van der Waals surface area contributed by atoms with E-state index >= 15 is 0 Å². The first kappa shape index (κ1) is 22.8. The van der Waals surface area contributed by atoms with Crippen LogP contribution in [0.5, 0.6) is 0 Å². The van der Waals surface area contributed by atoms with E-state index < -0.39 is 0 Å². The third-order valence-corrected chi connectivity index (χ3v) is 0.348. The lowest BCUT2D eigenvalue weighted by molar-refractivity contribution is -0.140. The predicted molar refractivity (Wildman–Crippen MR) is 44.1 cm³/mol. The number of carbonyl (C=O) groups is 1. The molecule has 0 saturated carbocycles. The van der Waals surface area contributed by atoms with E-state index in [-0.39, 0.29) is 43.2 Å². The fourth-order valence-electron chi connectivity index (χ4n) is 0.203. The van der Waals surface area contributed by atoms with Crippen molar-refractivity contribution in [3.8, 4) is 0 Å². The van der Waals surface area contributed by atoms with Gasteiger partial charge in [0, 0.05) is 6.92 Å². The van der Waals surface area contributed by atoms with Gasteiger partial charge >= 0.3 is 5.97 Å². The number of hydrogen-bond acceptors (Lipinski definition) is 2. The predicted octanol–water partition coefficient (Wildman–Crippen LogP) is 1.83. The van der Waals surface area contributed by atoms with Gasteiger partial charge < -0.3 is 4.74 Å². The molecule has 0 rings (SSSR count). The summed E-state index contributed by atoms with van der Waals surface area (Å²) in [6, 6.07) is 0. The Labute approximate surface area is 73.6 Å². The third kappa shape index (κ3) is 30.1. The van der Waals surface area contributed by atoms with Crippen LogP contribution in [0.4, 0.5) is 0 Å². The van der Waals surface area contributed by atoms with Gasteiger partial charge in [0.05, 0.1) is 6.61 Å². The van der Waals surface area contributed by atoms with Gasteiger partial charge in [-0.05, 0) is 6.92 Å². The van der Waals surface area contributed by atoms with Gasteiger partial charge in [-0.2, -0.15) is 0 Å². The minimum atomic E-state index is -0.211. The zero-order chi connectivity index (χ0) is 4.99. The van der Waals surface area contributed by atoms with E-state index in [2.05, 4.69) is 4.74 Å². The van der Waals surface area contributed by atoms with Gasteiger partial charge in [-0.1, -0.05) is 0 Å². The average molecular weight is 197 g/mol. The minimum Gasteiger partial charge on any atom is -0.466 e. The SMILES string of the molecule is CCOC(C)=O.Cl.Cl.Cl. The zero-order valence-electron chi connectivity index (χ0n) is 5.25. The summed E-state index contributed by atoms with van der Waals surface area (Å²) in [5.74, 6) is -0.211. The van der Waals surface area contributed by atoms with Crippen molar-refractivity contribution in [3.63, 3.8) is 0 Å². The highest BCUT2D eigenvalue weighted by molar-refractivity contribution is 5.86. The topological polar surface area (TPSA) is 26.3 Å². The maximum Gasteiger partial charge on any atom is 0.302 e. The number of esters is 1. The van der Waals surface area contributed by atoms with E-state index in [1.165, 1.54) is 6.92 Å². The lowest BCUT2D eigenvalue weighted by Crippen LogP contribution is -1.95. The molecule has 0 heterocycles. The Bertz CT molecular complexity index is 57.8. The van der Waals surface area contributed by atoms with Crippen LogP contribution in [-0.2, 0) is 9.53 Å². The molecule has 0 fully saturated rings. The van der Waals surface area contributed by atoms with Crippen molar-refractivity contribution in [2.45, 2.75) is 13.8 Å². The van der Waals surface area contributed by atoms with Crippen molar-refractivity contribution in [2.24, 2.45) is 0 Å². The van der Waals surface area contributed by atoms with Crippen LogP contribution in [0.3, 0.4) is 0 Å². The molecule has 9 heavy (non-hydrogen) atoms. The Hall–Kier alpha value is 0.340. The molecular weight excluding hydrogens is 186 g/mol. The molecule has 0 aliphatic rings. The fraction of sp³-hybridized carbons (Fsp3) is 0.750. The smallest absolute Gasteiger partial charge is 0.302 e. The Morgan fingerprint density at radius 2 is 1.67 bits per heavy atom. The van der Waals surface area contributed by atoms with Gasteiger partial charge in [0.1, 0.15) is 0 Å². The Morgan fingerprint density at radius 3 is 1.67 bits per heavy atom. The van der Waals surface area contributed by atoms with Crippen LogP contribution >= 0.6 is 37.2 Å². The van der Waals surface area contributed by atoms with Crippen LogP contribution in [-0.4, -0.2) is 12.6 Å². The average Bonchev–Trinajstić information content (AvgIpc) is 1.35. The summed E-state index contributed by atoms with van der Waals surface area (Å²) in [5.41, 5.74) is 0. The first-order valence-corrected chi connectivity index (χ1v) is 1.90. The highest BCUT2D eigenvalue weighted by atomic mass is 35.5. The van der Waals surface area contributed by atoms with Gasteiger partial charge in [-0.25, -0.2) is 0 Å². The molecule has 0 aromatic heterocycles. The molecule has 0 atom stereocenters. The number of halogens is 3. The molecule has 60 valence electrons. The summed E-state index contributed by atoms with van der Waals surface area (Å²) in [5, 5.41) is 0. The molecule has 2 nitrogen and oxygen atoms in total. The summed E-state index contributed by atoms with van der Waals surface area (Å²) in [7, 11) is 0.